The number of hydrogen-bond acceptors (Lipinski definition) is 0. The molecule has 0 heteroatoms. The van der Waals surface area contributed by atoms with Gasteiger partial charge in [0.25, 0.3) is 0 Å². The van der Waals surface area contributed by atoms with E-state index in [1.807, 2.05) is 0 Å². The van der Waals surface area contributed by atoms with Crippen molar-refractivity contribution in [3.8, 4) is 0 Å². The molecule has 0 radical (unpaired) electrons. The Morgan fingerprint density at radius 1 is 1.03 bits per heavy atom. The summed E-state index contributed by atoms with van der Waals surface area (Å²) >= 11 is 0. The van der Waals surface area contributed by atoms with Gasteiger partial charge in [0, 0.05) is 5.92 Å². The summed E-state index contributed by atoms with van der Waals surface area (Å²) in [5.74, 6) is 1.33. The van der Waals surface area contributed by atoms with E-state index in [1.54, 1.807) is 16.7 Å². The standard InChI is InChI=1S/C34H44/c1-6-7-8-9-10-13-24(2)28-18-19-29-22-32(23-31(29)21-28)33-17-12-16-30(33)20-27(5)34-25(3)14-11-15-26(34)4/h11,14-19,23-24,31H,5-10,12-13,20-22H2,1-4H3. The van der Waals surface area contributed by atoms with E-state index in [4.69, 9.17) is 0 Å². The Labute approximate surface area is 208 Å². The molecule has 0 saturated heterocycles. The van der Waals surface area contributed by atoms with Crippen LogP contribution in [0.3, 0.4) is 0 Å². The van der Waals surface area contributed by atoms with E-state index in [0.717, 1.165) is 25.2 Å². The Morgan fingerprint density at radius 3 is 2.56 bits per heavy atom. The van der Waals surface area contributed by atoms with Crippen LogP contribution in [0.5, 0.6) is 0 Å². The number of rotatable bonds is 11. The highest BCUT2D eigenvalue weighted by atomic mass is 14.3. The van der Waals surface area contributed by atoms with Crippen molar-refractivity contribution in [3.05, 3.63) is 99.7 Å². The second-order valence-electron chi connectivity index (χ2n) is 10.9. The average molecular weight is 453 g/mol. The molecule has 0 heterocycles. The molecule has 3 aliphatic rings. The summed E-state index contributed by atoms with van der Waals surface area (Å²) in [6.07, 6.45) is 25.0. The number of allylic oxidation sites excluding steroid dienone is 11. The van der Waals surface area contributed by atoms with Crippen LogP contribution in [0.1, 0.15) is 94.7 Å². The zero-order chi connectivity index (χ0) is 24.1. The molecule has 1 aromatic carbocycles. The smallest absolute Gasteiger partial charge is 0.00267 e. The first-order valence-electron chi connectivity index (χ1n) is 13.7. The molecule has 2 atom stereocenters. The second-order valence-corrected chi connectivity index (χ2v) is 10.9. The van der Waals surface area contributed by atoms with Gasteiger partial charge in [-0.2, -0.15) is 0 Å². The van der Waals surface area contributed by atoms with Crippen LogP contribution in [-0.2, 0) is 0 Å². The predicted molar refractivity (Wildman–Crippen MR) is 150 cm³/mol. The monoisotopic (exact) mass is 452 g/mol. The quantitative estimate of drug-likeness (QED) is 0.293. The van der Waals surface area contributed by atoms with E-state index >= 15 is 0 Å². The van der Waals surface area contributed by atoms with Crippen LogP contribution in [0.4, 0.5) is 0 Å². The lowest BCUT2D eigenvalue weighted by molar-refractivity contribution is 0.511. The number of benzene rings is 1. The van der Waals surface area contributed by atoms with Crippen molar-refractivity contribution in [2.24, 2.45) is 11.8 Å². The van der Waals surface area contributed by atoms with E-state index in [0.29, 0.717) is 5.92 Å². The summed E-state index contributed by atoms with van der Waals surface area (Å²) < 4.78 is 0. The summed E-state index contributed by atoms with van der Waals surface area (Å²) in [6.45, 7) is 13.7. The van der Waals surface area contributed by atoms with Gasteiger partial charge < -0.3 is 0 Å². The topological polar surface area (TPSA) is 0 Å². The summed E-state index contributed by atoms with van der Waals surface area (Å²) in [6, 6.07) is 6.57. The molecule has 0 fully saturated rings. The van der Waals surface area contributed by atoms with Crippen LogP contribution < -0.4 is 0 Å². The molecule has 0 aromatic heterocycles. The molecule has 3 aliphatic carbocycles. The van der Waals surface area contributed by atoms with Crippen LogP contribution in [0, 0.1) is 25.7 Å². The SMILES string of the molecule is C=C(CC1=CCC=C1C1=CC2CC(C(C)CCCCCCC)=CC=C2C1)c1c(C)cccc1C. The molecule has 34 heavy (non-hydrogen) atoms. The predicted octanol–water partition coefficient (Wildman–Crippen LogP) is 10.2. The van der Waals surface area contributed by atoms with Gasteiger partial charge in [0.1, 0.15) is 0 Å². The molecule has 0 N–H and O–H groups in total. The molecule has 0 nitrogen and oxygen atoms in total. The van der Waals surface area contributed by atoms with Crippen molar-refractivity contribution in [2.75, 3.05) is 0 Å². The van der Waals surface area contributed by atoms with E-state index in [-0.39, 0.29) is 0 Å². The van der Waals surface area contributed by atoms with Crippen molar-refractivity contribution >= 4 is 5.57 Å². The van der Waals surface area contributed by atoms with Gasteiger partial charge in [0.05, 0.1) is 0 Å². The van der Waals surface area contributed by atoms with Crippen molar-refractivity contribution in [1.29, 1.82) is 0 Å². The maximum Gasteiger partial charge on any atom is 0.00267 e. The fourth-order valence-electron chi connectivity index (χ4n) is 6.21. The normalized spacial score (nSPS) is 20.2. The number of fused-ring (bicyclic) bond motifs is 1. The number of hydrogen-bond donors (Lipinski definition) is 0. The molecule has 180 valence electrons. The van der Waals surface area contributed by atoms with Gasteiger partial charge in [-0.1, -0.05) is 112 Å². The highest BCUT2D eigenvalue weighted by molar-refractivity contribution is 5.73. The highest BCUT2D eigenvalue weighted by Crippen LogP contribution is 2.45. The van der Waals surface area contributed by atoms with Gasteiger partial charge in [0.15, 0.2) is 0 Å². The molecule has 0 saturated carbocycles. The molecular weight excluding hydrogens is 408 g/mol. The van der Waals surface area contributed by atoms with Crippen LogP contribution in [0.25, 0.3) is 5.57 Å². The van der Waals surface area contributed by atoms with Gasteiger partial charge in [-0.15, -0.1) is 0 Å². The molecule has 0 amide bonds. The molecule has 0 spiro atoms. The van der Waals surface area contributed by atoms with E-state index in [1.165, 1.54) is 78.4 Å². The summed E-state index contributed by atoms with van der Waals surface area (Å²) in [5.41, 5.74) is 13.1. The lowest BCUT2D eigenvalue weighted by atomic mass is 9.82. The minimum atomic E-state index is 0.613. The molecule has 0 bridgehead atoms. The fraction of sp³-hybridized carbons (Fsp3) is 0.471. The Morgan fingerprint density at radius 2 is 1.79 bits per heavy atom. The maximum atomic E-state index is 4.51. The lowest BCUT2D eigenvalue weighted by Crippen LogP contribution is -2.09. The van der Waals surface area contributed by atoms with Gasteiger partial charge in [-0.25, -0.2) is 0 Å². The molecule has 4 rings (SSSR count). The number of unbranched alkanes of at least 4 members (excludes halogenated alkanes) is 4. The summed E-state index contributed by atoms with van der Waals surface area (Å²) in [5, 5.41) is 0. The molecular formula is C34H44. The Balaban J connectivity index is 1.37. The minimum Gasteiger partial charge on any atom is -0.0949 e. The zero-order valence-corrected chi connectivity index (χ0v) is 22.1. The summed E-state index contributed by atoms with van der Waals surface area (Å²) in [7, 11) is 0. The Kier molecular flexibility index (Phi) is 8.30. The van der Waals surface area contributed by atoms with E-state index in [9.17, 15) is 0 Å². The van der Waals surface area contributed by atoms with Gasteiger partial charge >= 0.3 is 0 Å². The third-order valence-electron chi connectivity index (χ3n) is 8.23. The third kappa shape index (κ3) is 5.65. The van der Waals surface area contributed by atoms with Crippen molar-refractivity contribution < 1.29 is 0 Å². The van der Waals surface area contributed by atoms with Gasteiger partial charge in [-0.05, 0) is 90.9 Å². The lowest BCUT2D eigenvalue weighted by Gasteiger charge is -2.23. The third-order valence-corrected chi connectivity index (χ3v) is 8.23. The first-order chi connectivity index (χ1) is 16.5. The first-order valence-corrected chi connectivity index (χ1v) is 13.7. The summed E-state index contributed by atoms with van der Waals surface area (Å²) in [4.78, 5) is 0. The van der Waals surface area contributed by atoms with Crippen LogP contribution in [0.15, 0.2) is 83.0 Å². The van der Waals surface area contributed by atoms with Crippen molar-refractivity contribution in [1.82, 2.24) is 0 Å². The minimum absolute atomic E-state index is 0.613. The van der Waals surface area contributed by atoms with E-state index < -0.39 is 0 Å². The first kappa shape index (κ1) is 24.8. The maximum absolute atomic E-state index is 4.51. The fourth-order valence-corrected chi connectivity index (χ4v) is 6.21. The molecule has 0 aliphatic heterocycles. The van der Waals surface area contributed by atoms with Crippen LogP contribution in [0.2, 0.25) is 0 Å². The van der Waals surface area contributed by atoms with Gasteiger partial charge in [-0.3, -0.25) is 0 Å². The van der Waals surface area contributed by atoms with Crippen LogP contribution >= 0.6 is 0 Å². The highest BCUT2D eigenvalue weighted by Gasteiger charge is 2.29. The molecule has 1 aromatic rings. The molecule has 2 unspecified atom stereocenters. The van der Waals surface area contributed by atoms with E-state index in [2.05, 4.69) is 82.9 Å². The Hall–Kier alpha value is -2.34. The Bertz CT molecular complexity index is 1050. The van der Waals surface area contributed by atoms with Crippen molar-refractivity contribution in [3.63, 3.8) is 0 Å². The average Bonchev–Trinajstić information content (AvgIpc) is 3.44. The van der Waals surface area contributed by atoms with Crippen LogP contribution in [-0.4, -0.2) is 0 Å². The zero-order valence-electron chi connectivity index (χ0n) is 22.1. The number of aryl methyl sites for hydroxylation is 2. The second kappa shape index (κ2) is 11.4. The van der Waals surface area contributed by atoms with Crippen molar-refractivity contribution in [2.45, 2.75) is 91.9 Å². The van der Waals surface area contributed by atoms with Gasteiger partial charge in [0.2, 0.25) is 0 Å². The largest absolute Gasteiger partial charge is 0.0949 e.